The van der Waals surface area contributed by atoms with E-state index in [1.807, 2.05) is 0 Å². The van der Waals surface area contributed by atoms with Crippen molar-refractivity contribution in [3.8, 4) is 16.9 Å². The van der Waals surface area contributed by atoms with Gasteiger partial charge in [0.25, 0.3) is 0 Å². The number of carboxylic acids is 1. The number of hydrogen-bond acceptors (Lipinski definition) is 3. The van der Waals surface area contributed by atoms with Gasteiger partial charge in [0, 0.05) is 22.3 Å². The van der Waals surface area contributed by atoms with Crippen LogP contribution in [0.1, 0.15) is 10.5 Å². The van der Waals surface area contributed by atoms with E-state index in [4.69, 9.17) is 39.9 Å². The highest BCUT2D eigenvalue weighted by Gasteiger charge is 2.15. The molecule has 1 aromatic carbocycles. The Balaban J connectivity index is 2.60. The summed E-state index contributed by atoms with van der Waals surface area (Å²) < 4.78 is 0. The molecule has 2 N–H and O–H groups in total. The van der Waals surface area contributed by atoms with Crippen molar-refractivity contribution >= 4 is 40.8 Å². The van der Waals surface area contributed by atoms with Crippen LogP contribution in [0.4, 0.5) is 0 Å². The monoisotopic (exact) mass is 317 g/mol. The molecule has 0 spiro atoms. The zero-order valence-corrected chi connectivity index (χ0v) is 11.5. The number of aromatic nitrogens is 1. The number of pyridine rings is 1. The number of carbonyl (C=O) groups is 1. The van der Waals surface area contributed by atoms with Gasteiger partial charge >= 0.3 is 5.97 Å². The van der Waals surface area contributed by atoms with Gasteiger partial charge in [0.15, 0.2) is 5.69 Å². The standard InChI is InChI=1S/C12H6Cl3NO3/c13-6-2-7(10(15)8(14)3-6)5-1-9(17)11(12(18)19)16-4-5/h1-4,17H,(H,18,19). The molecule has 0 radical (unpaired) electrons. The predicted octanol–water partition coefficient (Wildman–Crippen LogP) is 4.11. The van der Waals surface area contributed by atoms with Crippen molar-refractivity contribution in [2.24, 2.45) is 0 Å². The quantitative estimate of drug-likeness (QED) is 0.817. The third kappa shape index (κ3) is 2.76. The Bertz CT molecular complexity index is 674. The zero-order chi connectivity index (χ0) is 14.2. The number of aromatic carboxylic acids is 1. The molecule has 1 heterocycles. The van der Waals surface area contributed by atoms with Crippen molar-refractivity contribution in [3.63, 3.8) is 0 Å². The van der Waals surface area contributed by atoms with Gasteiger partial charge in [0.1, 0.15) is 5.75 Å². The number of rotatable bonds is 2. The summed E-state index contributed by atoms with van der Waals surface area (Å²) in [6, 6.07) is 4.27. The maximum atomic E-state index is 10.8. The molecule has 0 amide bonds. The van der Waals surface area contributed by atoms with Crippen LogP contribution >= 0.6 is 34.8 Å². The van der Waals surface area contributed by atoms with E-state index in [0.29, 0.717) is 16.1 Å². The minimum Gasteiger partial charge on any atom is -0.505 e. The second-order valence-corrected chi connectivity index (χ2v) is 4.87. The van der Waals surface area contributed by atoms with Crippen LogP contribution in [0, 0.1) is 0 Å². The molecule has 2 rings (SSSR count). The Hall–Kier alpha value is -1.49. The Morgan fingerprint density at radius 3 is 2.42 bits per heavy atom. The highest BCUT2D eigenvalue weighted by molar-refractivity contribution is 6.45. The largest absolute Gasteiger partial charge is 0.505 e. The van der Waals surface area contributed by atoms with Gasteiger partial charge < -0.3 is 10.2 Å². The van der Waals surface area contributed by atoms with Gasteiger partial charge in [-0.15, -0.1) is 0 Å². The molecular formula is C12H6Cl3NO3. The molecule has 0 saturated carbocycles. The summed E-state index contributed by atoms with van der Waals surface area (Å²) in [4.78, 5) is 14.4. The SMILES string of the molecule is O=C(O)c1ncc(-c2cc(Cl)cc(Cl)c2Cl)cc1O. The normalized spacial score (nSPS) is 10.5. The van der Waals surface area contributed by atoms with Gasteiger partial charge in [-0.25, -0.2) is 9.78 Å². The molecule has 0 bridgehead atoms. The lowest BCUT2D eigenvalue weighted by molar-refractivity contribution is 0.0687. The van der Waals surface area contributed by atoms with Gasteiger partial charge in [0.05, 0.1) is 10.0 Å². The fourth-order valence-corrected chi connectivity index (χ4v) is 2.24. The summed E-state index contributed by atoms with van der Waals surface area (Å²) in [5.74, 6) is -1.78. The van der Waals surface area contributed by atoms with E-state index in [2.05, 4.69) is 4.98 Å². The molecule has 0 aliphatic rings. The second kappa shape index (κ2) is 5.25. The minimum atomic E-state index is -1.32. The van der Waals surface area contributed by atoms with E-state index >= 15 is 0 Å². The number of nitrogens with zero attached hydrogens (tertiary/aromatic N) is 1. The Morgan fingerprint density at radius 2 is 1.84 bits per heavy atom. The van der Waals surface area contributed by atoms with E-state index in [-0.39, 0.29) is 10.0 Å². The molecule has 0 unspecified atom stereocenters. The first kappa shape index (κ1) is 13.9. The Labute approximate surface area is 123 Å². The highest BCUT2D eigenvalue weighted by Crippen LogP contribution is 2.37. The van der Waals surface area contributed by atoms with Crippen LogP contribution in [0.25, 0.3) is 11.1 Å². The molecule has 0 aliphatic heterocycles. The molecule has 1 aromatic heterocycles. The van der Waals surface area contributed by atoms with Gasteiger partial charge in [0.2, 0.25) is 0 Å². The van der Waals surface area contributed by atoms with Crippen molar-refractivity contribution in [2.75, 3.05) is 0 Å². The fraction of sp³-hybridized carbons (Fsp3) is 0. The number of hydrogen-bond donors (Lipinski definition) is 2. The van der Waals surface area contributed by atoms with Crippen LogP contribution < -0.4 is 0 Å². The first-order chi connectivity index (χ1) is 8.90. The minimum absolute atomic E-state index is 0.246. The van der Waals surface area contributed by atoms with Crippen LogP contribution in [0.3, 0.4) is 0 Å². The van der Waals surface area contributed by atoms with Gasteiger partial charge in [-0.3, -0.25) is 0 Å². The van der Waals surface area contributed by atoms with E-state index in [1.165, 1.54) is 18.3 Å². The number of carboxylic acid groups (broad SMARTS) is 1. The van der Waals surface area contributed by atoms with Crippen LogP contribution in [0.2, 0.25) is 15.1 Å². The first-order valence-electron chi connectivity index (χ1n) is 4.97. The van der Waals surface area contributed by atoms with Crippen molar-refractivity contribution < 1.29 is 15.0 Å². The summed E-state index contributed by atoms with van der Waals surface area (Å²) >= 11 is 17.8. The summed E-state index contributed by atoms with van der Waals surface area (Å²) in [6.45, 7) is 0. The second-order valence-electron chi connectivity index (χ2n) is 3.65. The fourth-order valence-electron chi connectivity index (χ4n) is 1.53. The average Bonchev–Trinajstić information content (AvgIpc) is 2.33. The van der Waals surface area contributed by atoms with E-state index in [9.17, 15) is 9.90 Å². The van der Waals surface area contributed by atoms with E-state index in [1.54, 1.807) is 6.07 Å². The van der Waals surface area contributed by atoms with Crippen molar-refractivity contribution in [3.05, 3.63) is 45.2 Å². The molecule has 7 heteroatoms. The molecular weight excluding hydrogens is 312 g/mol. The smallest absolute Gasteiger partial charge is 0.358 e. The number of halogens is 3. The summed E-state index contributed by atoms with van der Waals surface area (Å²) in [5.41, 5.74) is 0.434. The Kier molecular flexibility index (Phi) is 3.85. The topological polar surface area (TPSA) is 70.4 Å². The highest BCUT2D eigenvalue weighted by atomic mass is 35.5. The van der Waals surface area contributed by atoms with Gasteiger partial charge in [-0.05, 0) is 18.2 Å². The van der Waals surface area contributed by atoms with Crippen molar-refractivity contribution in [2.45, 2.75) is 0 Å². The lowest BCUT2D eigenvalue weighted by Crippen LogP contribution is -2.00. The third-order valence-electron chi connectivity index (χ3n) is 2.37. The van der Waals surface area contributed by atoms with Crippen LogP contribution in [0.15, 0.2) is 24.4 Å². The lowest BCUT2D eigenvalue weighted by atomic mass is 10.1. The molecule has 2 aromatic rings. The number of aromatic hydroxyl groups is 1. The molecule has 4 nitrogen and oxygen atoms in total. The lowest BCUT2D eigenvalue weighted by Gasteiger charge is -2.08. The van der Waals surface area contributed by atoms with Crippen LogP contribution in [-0.2, 0) is 0 Å². The molecule has 98 valence electrons. The molecule has 0 aliphatic carbocycles. The molecule has 19 heavy (non-hydrogen) atoms. The summed E-state index contributed by atoms with van der Waals surface area (Å²) in [7, 11) is 0. The molecule has 0 atom stereocenters. The summed E-state index contributed by atoms with van der Waals surface area (Å²) in [5, 5.41) is 19.2. The molecule has 0 fully saturated rings. The third-order valence-corrected chi connectivity index (χ3v) is 3.39. The summed E-state index contributed by atoms with van der Waals surface area (Å²) in [6.07, 6.45) is 1.27. The van der Waals surface area contributed by atoms with Crippen molar-refractivity contribution in [1.82, 2.24) is 4.98 Å². The van der Waals surface area contributed by atoms with Crippen LogP contribution in [0.5, 0.6) is 5.75 Å². The van der Waals surface area contributed by atoms with Crippen LogP contribution in [-0.4, -0.2) is 21.2 Å². The van der Waals surface area contributed by atoms with E-state index < -0.39 is 17.4 Å². The van der Waals surface area contributed by atoms with Gasteiger partial charge in [-0.1, -0.05) is 34.8 Å². The average molecular weight is 319 g/mol. The maximum Gasteiger partial charge on any atom is 0.358 e. The van der Waals surface area contributed by atoms with Crippen molar-refractivity contribution in [1.29, 1.82) is 0 Å². The Morgan fingerprint density at radius 1 is 1.16 bits per heavy atom. The number of benzene rings is 1. The molecule has 0 saturated heterocycles. The zero-order valence-electron chi connectivity index (χ0n) is 9.19. The van der Waals surface area contributed by atoms with E-state index in [0.717, 1.165) is 0 Å². The first-order valence-corrected chi connectivity index (χ1v) is 6.10. The maximum absolute atomic E-state index is 10.8. The predicted molar refractivity (Wildman–Crippen MR) is 73.3 cm³/mol. The van der Waals surface area contributed by atoms with Gasteiger partial charge in [-0.2, -0.15) is 0 Å².